The molecule has 1 aliphatic rings. The van der Waals surface area contributed by atoms with Crippen LogP contribution in [0.4, 0.5) is 0 Å². The molecule has 2 aromatic carbocycles. The van der Waals surface area contributed by atoms with E-state index in [-0.39, 0.29) is 11.9 Å². The molecule has 0 bridgehead atoms. The third-order valence-corrected chi connectivity index (χ3v) is 5.14. The van der Waals surface area contributed by atoms with Gasteiger partial charge < -0.3 is 9.84 Å². The van der Waals surface area contributed by atoms with Gasteiger partial charge in [0.25, 0.3) is 0 Å². The summed E-state index contributed by atoms with van der Waals surface area (Å²) in [6.45, 7) is -0.111. The number of hydrogen-bond acceptors (Lipinski definition) is 5. The molecule has 2 atom stereocenters. The Morgan fingerprint density at radius 3 is 2.04 bits per heavy atom. The standard InChI is InChI=1S/C18H17NO3S/c1-22-17(21)18(15(12-20)23-18)19-16(13-8-4-2-5-9-13)14-10-6-3-7-11-14/h2-11,15,20H,12H2,1H3/t15?,18-/m0/s1. The summed E-state index contributed by atoms with van der Waals surface area (Å²) in [5.41, 5.74) is 2.57. The van der Waals surface area contributed by atoms with Gasteiger partial charge in [0.05, 0.1) is 24.7 Å². The van der Waals surface area contributed by atoms with Gasteiger partial charge >= 0.3 is 5.97 Å². The number of carbonyl (C=O) groups is 1. The van der Waals surface area contributed by atoms with E-state index in [1.165, 1.54) is 18.9 Å². The normalized spacial score (nSPS) is 22.3. The van der Waals surface area contributed by atoms with Crippen molar-refractivity contribution in [3.8, 4) is 0 Å². The molecule has 1 fully saturated rings. The number of ether oxygens (including phenoxy) is 1. The summed E-state index contributed by atoms with van der Waals surface area (Å²) in [6.07, 6.45) is 0. The SMILES string of the molecule is COC(=O)[C@@]1(N=C(c2ccccc2)c2ccccc2)SC1CO. The zero-order valence-electron chi connectivity index (χ0n) is 12.7. The molecule has 23 heavy (non-hydrogen) atoms. The molecule has 1 unspecified atom stereocenters. The number of esters is 1. The van der Waals surface area contributed by atoms with Gasteiger partial charge in [-0.3, -0.25) is 4.99 Å². The number of hydrogen-bond donors (Lipinski definition) is 1. The van der Waals surface area contributed by atoms with Gasteiger partial charge in [-0.25, -0.2) is 4.79 Å². The highest BCUT2D eigenvalue weighted by atomic mass is 32.2. The van der Waals surface area contributed by atoms with E-state index < -0.39 is 10.8 Å². The predicted octanol–water partition coefficient (Wildman–Crippen LogP) is 2.50. The van der Waals surface area contributed by atoms with Gasteiger partial charge in [-0.05, 0) is 0 Å². The zero-order chi connectivity index (χ0) is 16.3. The van der Waals surface area contributed by atoms with Crippen molar-refractivity contribution in [1.82, 2.24) is 0 Å². The highest BCUT2D eigenvalue weighted by Gasteiger charge is 2.63. The van der Waals surface area contributed by atoms with Crippen LogP contribution in [0.3, 0.4) is 0 Å². The molecule has 3 rings (SSSR count). The molecule has 0 aromatic heterocycles. The van der Waals surface area contributed by atoms with Crippen molar-refractivity contribution in [1.29, 1.82) is 0 Å². The average Bonchev–Trinajstić information content (AvgIpc) is 3.35. The van der Waals surface area contributed by atoms with Crippen molar-refractivity contribution in [2.45, 2.75) is 10.1 Å². The first-order valence-electron chi connectivity index (χ1n) is 7.29. The second-order valence-corrected chi connectivity index (χ2v) is 6.60. The van der Waals surface area contributed by atoms with E-state index in [0.29, 0.717) is 0 Å². The van der Waals surface area contributed by atoms with Crippen LogP contribution in [-0.4, -0.2) is 40.6 Å². The first kappa shape index (κ1) is 15.8. The fourth-order valence-electron chi connectivity index (χ4n) is 2.47. The highest BCUT2D eigenvalue weighted by Crippen LogP contribution is 2.55. The molecule has 0 saturated carbocycles. The lowest BCUT2D eigenvalue weighted by molar-refractivity contribution is -0.142. The molecule has 1 aliphatic heterocycles. The van der Waals surface area contributed by atoms with Crippen molar-refractivity contribution in [3.63, 3.8) is 0 Å². The quantitative estimate of drug-likeness (QED) is 0.521. The van der Waals surface area contributed by atoms with E-state index in [4.69, 9.17) is 9.73 Å². The number of thioether (sulfide) groups is 1. The largest absolute Gasteiger partial charge is 0.467 e. The lowest BCUT2D eigenvalue weighted by atomic mass is 10.0. The fourth-order valence-corrected chi connectivity index (χ4v) is 3.45. The van der Waals surface area contributed by atoms with Crippen LogP contribution in [0.2, 0.25) is 0 Å². The van der Waals surface area contributed by atoms with Crippen LogP contribution < -0.4 is 0 Å². The maximum Gasteiger partial charge on any atom is 0.345 e. The first-order valence-corrected chi connectivity index (χ1v) is 8.17. The Morgan fingerprint density at radius 2 is 1.65 bits per heavy atom. The Bertz CT molecular complexity index is 676. The Labute approximate surface area is 139 Å². The van der Waals surface area contributed by atoms with E-state index in [9.17, 15) is 9.90 Å². The van der Waals surface area contributed by atoms with Crippen molar-refractivity contribution in [3.05, 3.63) is 71.8 Å². The predicted molar refractivity (Wildman–Crippen MR) is 91.7 cm³/mol. The summed E-state index contributed by atoms with van der Waals surface area (Å²) in [4.78, 5) is 15.9. The number of methoxy groups -OCH3 is 1. The molecule has 1 N–H and O–H groups in total. The third kappa shape index (κ3) is 3.02. The van der Waals surface area contributed by atoms with Gasteiger partial charge in [0, 0.05) is 11.1 Å². The van der Waals surface area contributed by atoms with Crippen LogP contribution in [-0.2, 0) is 9.53 Å². The molecule has 118 valence electrons. The molecule has 0 spiro atoms. The Kier molecular flexibility index (Phi) is 4.50. The molecule has 1 saturated heterocycles. The monoisotopic (exact) mass is 327 g/mol. The second kappa shape index (κ2) is 6.56. The van der Waals surface area contributed by atoms with E-state index in [1.807, 2.05) is 60.7 Å². The minimum atomic E-state index is -1.05. The minimum absolute atomic E-state index is 0.111. The van der Waals surface area contributed by atoms with Gasteiger partial charge in [-0.15, -0.1) is 11.8 Å². The summed E-state index contributed by atoms with van der Waals surface area (Å²) < 4.78 is 4.90. The molecule has 5 heteroatoms. The number of rotatable bonds is 5. The van der Waals surface area contributed by atoms with Crippen molar-refractivity contribution >= 4 is 23.4 Å². The molecular weight excluding hydrogens is 310 g/mol. The number of aliphatic hydroxyl groups is 1. The van der Waals surface area contributed by atoms with E-state index in [0.717, 1.165) is 16.8 Å². The second-order valence-electron chi connectivity index (χ2n) is 5.17. The molecular formula is C18H17NO3S. The van der Waals surface area contributed by atoms with E-state index in [2.05, 4.69) is 0 Å². The number of carbonyl (C=O) groups excluding carboxylic acids is 1. The van der Waals surface area contributed by atoms with Crippen LogP contribution in [0.1, 0.15) is 11.1 Å². The maximum atomic E-state index is 12.2. The summed E-state index contributed by atoms with van der Waals surface area (Å²) in [5, 5.41) is 9.18. The van der Waals surface area contributed by atoms with Crippen LogP contribution >= 0.6 is 11.8 Å². The number of aliphatic imine (C=N–C) groups is 1. The Balaban J connectivity index is 2.10. The summed E-state index contributed by atoms with van der Waals surface area (Å²) in [7, 11) is 1.34. The van der Waals surface area contributed by atoms with Gasteiger partial charge in [-0.1, -0.05) is 60.7 Å². The Hall–Kier alpha value is -2.11. The van der Waals surface area contributed by atoms with Crippen molar-refractivity contribution in [2.24, 2.45) is 4.99 Å². The smallest absolute Gasteiger partial charge is 0.345 e. The van der Waals surface area contributed by atoms with Crippen LogP contribution in [0.5, 0.6) is 0 Å². The summed E-state index contributed by atoms with van der Waals surface area (Å²) >= 11 is 1.32. The van der Waals surface area contributed by atoms with E-state index >= 15 is 0 Å². The Morgan fingerprint density at radius 1 is 1.13 bits per heavy atom. The van der Waals surface area contributed by atoms with E-state index in [1.54, 1.807) is 0 Å². The number of aliphatic hydroxyl groups excluding tert-OH is 1. The lowest BCUT2D eigenvalue weighted by Gasteiger charge is -2.13. The first-order chi connectivity index (χ1) is 11.2. The summed E-state index contributed by atoms with van der Waals surface area (Å²) in [5.74, 6) is -0.425. The van der Waals surface area contributed by atoms with Gasteiger partial charge in [-0.2, -0.15) is 0 Å². The molecule has 0 radical (unpaired) electrons. The topological polar surface area (TPSA) is 58.9 Å². The number of nitrogens with zero attached hydrogens (tertiary/aromatic N) is 1. The van der Waals surface area contributed by atoms with Crippen LogP contribution in [0, 0.1) is 0 Å². The summed E-state index contributed by atoms with van der Waals surface area (Å²) in [6, 6.07) is 19.4. The van der Waals surface area contributed by atoms with Gasteiger partial charge in [0.15, 0.2) is 0 Å². The number of benzene rings is 2. The van der Waals surface area contributed by atoms with Gasteiger partial charge in [0.1, 0.15) is 0 Å². The zero-order valence-corrected chi connectivity index (χ0v) is 13.5. The molecule has 1 heterocycles. The fraction of sp³-hybridized carbons (Fsp3) is 0.222. The molecule has 4 nitrogen and oxygen atoms in total. The third-order valence-electron chi connectivity index (χ3n) is 3.72. The minimum Gasteiger partial charge on any atom is -0.467 e. The highest BCUT2D eigenvalue weighted by molar-refractivity contribution is 8.09. The molecule has 0 amide bonds. The molecule has 0 aliphatic carbocycles. The van der Waals surface area contributed by atoms with Gasteiger partial charge in [0.2, 0.25) is 4.87 Å². The molecule has 2 aromatic rings. The van der Waals surface area contributed by atoms with Crippen molar-refractivity contribution < 1.29 is 14.6 Å². The van der Waals surface area contributed by atoms with Crippen LogP contribution in [0.15, 0.2) is 65.7 Å². The lowest BCUT2D eigenvalue weighted by Crippen LogP contribution is -2.29. The average molecular weight is 327 g/mol. The van der Waals surface area contributed by atoms with Crippen molar-refractivity contribution in [2.75, 3.05) is 13.7 Å². The van der Waals surface area contributed by atoms with Crippen LogP contribution in [0.25, 0.3) is 0 Å². The maximum absolute atomic E-state index is 12.2.